The van der Waals surface area contributed by atoms with Crippen molar-refractivity contribution < 1.29 is 4.79 Å². The Hall–Kier alpha value is -4.11. The number of hydrogen-bond donors (Lipinski definition) is 1. The number of nitrogens with one attached hydrogen (secondary N) is 1. The topological polar surface area (TPSA) is 94.7 Å². The van der Waals surface area contributed by atoms with Crippen LogP contribution in [0.4, 0.5) is 5.13 Å². The first-order valence-corrected chi connectivity index (χ1v) is 11.1. The van der Waals surface area contributed by atoms with Gasteiger partial charge in [-0.15, -0.1) is 0 Å². The van der Waals surface area contributed by atoms with E-state index in [1.165, 1.54) is 11.3 Å². The first-order valence-electron chi connectivity index (χ1n) is 10.3. The molecule has 0 bridgehead atoms. The third-order valence-electron chi connectivity index (χ3n) is 5.37. The normalized spacial score (nSPS) is 11.1. The van der Waals surface area contributed by atoms with Gasteiger partial charge in [0.15, 0.2) is 11.0 Å². The molecule has 0 fully saturated rings. The molecule has 9 heteroatoms. The summed E-state index contributed by atoms with van der Waals surface area (Å²) in [6, 6.07) is 14.1. The van der Waals surface area contributed by atoms with Gasteiger partial charge in [0.05, 0.1) is 27.2 Å². The summed E-state index contributed by atoms with van der Waals surface area (Å²) in [5, 5.41) is 3.91. The minimum Gasteiger partial charge on any atom is -0.333 e. The van der Waals surface area contributed by atoms with Crippen LogP contribution in [0.3, 0.4) is 0 Å². The van der Waals surface area contributed by atoms with E-state index in [9.17, 15) is 9.59 Å². The fraction of sp³-hybridized carbons (Fsp3) is 0.125. The molecule has 0 radical (unpaired) electrons. The maximum atomic E-state index is 13.0. The van der Waals surface area contributed by atoms with E-state index in [1.54, 1.807) is 48.0 Å². The summed E-state index contributed by atoms with van der Waals surface area (Å²) in [6.45, 7) is 3.68. The number of imidazole rings is 1. The van der Waals surface area contributed by atoms with Crippen molar-refractivity contribution >= 4 is 33.3 Å². The maximum Gasteiger partial charge on any atom is 0.265 e. The molecule has 2 aromatic carbocycles. The zero-order valence-corrected chi connectivity index (χ0v) is 19.1. The summed E-state index contributed by atoms with van der Waals surface area (Å²) in [6.07, 6.45) is 3.60. The van der Waals surface area contributed by atoms with Crippen LogP contribution in [-0.2, 0) is 7.05 Å². The van der Waals surface area contributed by atoms with E-state index in [-0.39, 0.29) is 11.5 Å². The van der Waals surface area contributed by atoms with Gasteiger partial charge < -0.3 is 4.57 Å². The first-order chi connectivity index (χ1) is 15.9. The fourth-order valence-corrected chi connectivity index (χ4v) is 4.72. The van der Waals surface area contributed by atoms with Crippen molar-refractivity contribution in [3.05, 3.63) is 88.4 Å². The molecule has 8 nitrogen and oxygen atoms in total. The third kappa shape index (κ3) is 3.72. The highest BCUT2D eigenvalue weighted by Gasteiger charge is 2.16. The molecule has 0 aliphatic heterocycles. The Morgan fingerprint density at radius 1 is 1.03 bits per heavy atom. The van der Waals surface area contributed by atoms with E-state index in [2.05, 4.69) is 20.3 Å². The van der Waals surface area contributed by atoms with Crippen molar-refractivity contribution in [2.75, 3.05) is 5.32 Å². The lowest BCUT2D eigenvalue weighted by molar-refractivity contribution is 0.102. The van der Waals surface area contributed by atoms with Gasteiger partial charge in [0.2, 0.25) is 0 Å². The molecule has 5 aromatic rings. The zero-order valence-electron chi connectivity index (χ0n) is 18.2. The number of fused-ring (bicyclic) bond motifs is 1. The molecule has 1 amide bonds. The predicted octanol–water partition coefficient (Wildman–Crippen LogP) is 4.11. The molecule has 1 N–H and O–H groups in total. The van der Waals surface area contributed by atoms with Gasteiger partial charge in [0, 0.05) is 25.0 Å². The number of rotatable bonds is 4. The number of carbonyl (C=O) groups excluding carboxylic acids is 1. The summed E-state index contributed by atoms with van der Waals surface area (Å²) in [7, 11) is 1.92. The number of anilines is 1. The Labute approximate surface area is 193 Å². The fourth-order valence-electron chi connectivity index (χ4n) is 3.72. The Bertz CT molecular complexity index is 1560. The van der Waals surface area contributed by atoms with Crippen LogP contribution in [0.25, 0.3) is 27.3 Å². The molecule has 0 saturated carbocycles. The Balaban J connectivity index is 1.41. The van der Waals surface area contributed by atoms with Gasteiger partial charge in [0.25, 0.3) is 11.5 Å². The van der Waals surface area contributed by atoms with Gasteiger partial charge in [-0.25, -0.2) is 15.0 Å². The van der Waals surface area contributed by atoms with Crippen molar-refractivity contribution in [2.45, 2.75) is 13.8 Å². The lowest BCUT2D eigenvalue weighted by Gasteiger charge is -2.11. The molecular formula is C24H20N6O2S. The maximum absolute atomic E-state index is 13.0. The SMILES string of the molecule is Cc1nc(NC(=O)c2ccc(-n3c(C)nc4ccccc4c3=O)cc2)sc1-c1nccn1C. The van der Waals surface area contributed by atoms with Crippen molar-refractivity contribution in [2.24, 2.45) is 7.05 Å². The number of aryl methyl sites for hydroxylation is 3. The van der Waals surface area contributed by atoms with E-state index in [0.717, 1.165) is 16.4 Å². The van der Waals surface area contributed by atoms with E-state index < -0.39 is 0 Å². The largest absolute Gasteiger partial charge is 0.333 e. The minimum atomic E-state index is -0.276. The Kier molecular flexibility index (Phi) is 5.10. The molecule has 3 aromatic heterocycles. The summed E-state index contributed by atoms with van der Waals surface area (Å²) in [5.41, 5.74) is 2.43. The average Bonchev–Trinajstić information content (AvgIpc) is 3.38. The molecule has 5 rings (SSSR count). The van der Waals surface area contributed by atoms with Crippen molar-refractivity contribution in [3.63, 3.8) is 0 Å². The molecule has 0 atom stereocenters. The Morgan fingerprint density at radius 3 is 2.52 bits per heavy atom. The molecule has 164 valence electrons. The smallest absolute Gasteiger partial charge is 0.265 e. The number of para-hydroxylation sites is 1. The van der Waals surface area contributed by atoms with Crippen LogP contribution < -0.4 is 10.9 Å². The summed E-state index contributed by atoms with van der Waals surface area (Å²) >= 11 is 1.38. The molecule has 0 aliphatic rings. The van der Waals surface area contributed by atoms with Crippen LogP contribution in [0.15, 0.2) is 65.7 Å². The van der Waals surface area contributed by atoms with Crippen molar-refractivity contribution in [1.29, 1.82) is 0 Å². The van der Waals surface area contributed by atoms with Crippen LogP contribution >= 0.6 is 11.3 Å². The number of thiazole rings is 1. The number of benzene rings is 2. The van der Waals surface area contributed by atoms with Crippen LogP contribution in [0.5, 0.6) is 0 Å². The summed E-state index contributed by atoms with van der Waals surface area (Å²) in [5.74, 6) is 1.11. The molecule has 0 aliphatic carbocycles. The number of nitrogens with zero attached hydrogens (tertiary/aromatic N) is 5. The predicted molar refractivity (Wildman–Crippen MR) is 129 cm³/mol. The van der Waals surface area contributed by atoms with E-state index in [4.69, 9.17) is 0 Å². The van der Waals surface area contributed by atoms with Crippen LogP contribution in [0.1, 0.15) is 21.9 Å². The number of amides is 1. The van der Waals surface area contributed by atoms with E-state index >= 15 is 0 Å². The van der Waals surface area contributed by atoms with E-state index in [1.807, 2.05) is 42.9 Å². The van der Waals surface area contributed by atoms with Crippen LogP contribution in [-0.4, -0.2) is 30.0 Å². The minimum absolute atomic E-state index is 0.143. The van der Waals surface area contributed by atoms with Crippen LogP contribution in [0, 0.1) is 13.8 Å². The number of aromatic nitrogens is 5. The molecule has 33 heavy (non-hydrogen) atoms. The monoisotopic (exact) mass is 456 g/mol. The third-order valence-corrected chi connectivity index (χ3v) is 6.44. The number of hydrogen-bond acceptors (Lipinski definition) is 6. The highest BCUT2D eigenvalue weighted by Crippen LogP contribution is 2.31. The van der Waals surface area contributed by atoms with Gasteiger partial charge >= 0.3 is 0 Å². The van der Waals surface area contributed by atoms with Gasteiger partial charge in [-0.1, -0.05) is 23.5 Å². The van der Waals surface area contributed by atoms with Gasteiger partial charge in [-0.3, -0.25) is 19.5 Å². The second-order valence-corrected chi connectivity index (χ2v) is 8.61. The lowest BCUT2D eigenvalue weighted by atomic mass is 10.2. The molecule has 0 unspecified atom stereocenters. The Morgan fingerprint density at radius 2 is 1.79 bits per heavy atom. The highest BCUT2D eigenvalue weighted by atomic mass is 32.1. The molecule has 0 saturated heterocycles. The highest BCUT2D eigenvalue weighted by molar-refractivity contribution is 7.19. The van der Waals surface area contributed by atoms with Crippen LogP contribution in [0.2, 0.25) is 0 Å². The summed E-state index contributed by atoms with van der Waals surface area (Å²) < 4.78 is 3.46. The van der Waals surface area contributed by atoms with Gasteiger partial charge in [-0.05, 0) is 50.2 Å². The second-order valence-electron chi connectivity index (χ2n) is 7.61. The van der Waals surface area contributed by atoms with E-state index in [0.29, 0.717) is 33.1 Å². The quantitative estimate of drug-likeness (QED) is 0.439. The van der Waals surface area contributed by atoms with Crippen molar-refractivity contribution in [1.82, 2.24) is 24.1 Å². The molecule has 3 heterocycles. The van der Waals surface area contributed by atoms with Gasteiger partial charge in [-0.2, -0.15) is 0 Å². The van der Waals surface area contributed by atoms with Gasteiger partial charge in [0.1, 0.15) is 5.82 Å². The first kappa shape index (κ1) is 20.8. The number of carbonyl (C=O) groups is 1. The lowest BCUT2D eigenvalue weighted by Crippen LogP contribution is -2.22. The van der Waals surface area contributed by atoms with Crippen molar-refractivity contribution in [3.8, 4) is 16.4 Å². The molecular weight excluding hydrogens is 436 g/mol. The molecule has 0 spiro atoms. The second kappa shape index (κ2) is 8.10. The summed E-state index contributed by atoms with van der Waals surface area (Å²) in [4.78, 5) is 40.1. The zero-order chi connectivity index (χ0) is 23.1. The average molecular weight is 457 g/mol. The standard InChI is InChI=1S/C24H20N6O2S/c1-14-20(21-25-12-13-29(21)3)33-24(26-14)28-22(31)16-8-10-17(11-9-16)30-15(2)27-19-7-5-4-6-18(19)23(30)32/h4-13H,1-3H3,(H,26,28,31).